The van der Waals surface area contributed by atoms with Crippen molar-refractivity contribution in [2.45, 2.75) is 32.4 Å². The van der Waals surface area contributed by atoms with Crippen LogP contribution in [0.25, 0.3) is 32.0 Å². The largest absolute Gasteiger partial charge is 0.495 e. The summed E-state index contributed by atoms with van der Waals surface area (Å²) in [4.78, 5) is 1.83. The number of alkyl halides is 3. The normalized spacial score (nSPS) is 12.1. The van der Waals surface area contributed by atoms with E-state index in [0.29, 0.717) is 0 Å². The molecule has 0 aliphatic rings. The maximum Gasteiger partial charge on any atom is 0.416 e. The highest BCUT2D eigenvalue weighted by atomic mass is 32.1. The van der Waals surface area contributed by atoms with Gasteiger partial charge in [0.25, 0.3) is 0 Å². The molecule has 0 spiro atoms. The van der Waals surface area contributed by atoms with Gasteiger partial charge in [-0.1, -0.05) is 87.5 Å². The summed E-state index contributed by atoms with van der Waals surface area (Å²) in [6.07, 6.45) is -4.37. The van der Waals surface area contributed by atoms with Crippen molar-refractivity contribution in [2.24, 2.45) is 0 Å². The van der Waals surface area contributed by atoms with Gasteiger partial charge in [0.05, 0.1) is 17.6 Å². The van der Waals surface area contributed by atoms with Gasteiger partial charge < -0.3 is 4.74 Å². The minimum absolute atomic E-state index is 0.0403. The molecule has 0 unspecified atom stereocenters. The van der Waals surface area contributed by atoms with Crippen LogP contribution in [0, 0.1) is 0 Å². The summed E-state index contributed by atoms with van der Waals surface area (Å²) in [6, 6.07) is 23.6. The summed E-state index contributed by atoms with van der Waals surface area (Å²) in [6.45, 7) is 6.51. The second kappa shape index (κ2) is 8.71. The van der Waals surface area contributed by atoms with Crippen LogP contribution in [-0.2, 0) is 11.6 Å². The Balaban J connectivity index is 1.90. The van der Waals surface area contributed by atoms with Crippen LogP contribution in [0.1, 0.15) is 31.9 Å². The van der Waals surface area contributed by atoms with Crippen molar-refractivity contribution < 1.29 is 17.9 Å². The molecule has 0 radical (unpaired) electrons. The highest BCUT2D eigenvalue weighted by Gasteiger charge is 2.30. The third kappa shape index (κ3) is 4.69. The van der Waals surface area contributed by atoms with Gasteiger partial charge in [-0.15, -0.1) is 11.3 Å². The Morgan fingerprint density at radius 3 is 1.64 bits per heavy atom. The highest BCUT2D eigenvalue weighted by molar-refractivity contribution is 7.20. The number of thiophene rings is 1. The maximum absolute atomic E-state index is 13.1. The van der Waals surface area contributed by atoms with Crippen molar-refractivity contribution >= 4 is 11.3 Å². The van der Waals surface area contributed by atoms with E-state index in [1.54, 1.807) is 7.11 Å². The predicted molar refractivity (Wildman–Crippen MR) is 131 cm³/mol. The van der Waals surface area contributed by atoms with E-state index in [1.165, 1.54) is 29.0 Å². The molecule has 1 heterocycles. The van der Waals surface area contributed by atoms with Crippen molar-refractivity contribution in [2.75, 3.05) is 7.11 Å². The van der Waals surface area contributed by atoms with Crippen LogP contribution >= 0.6 is 11.3 Å². The average Bonchev–Trinajstić information content (AvgIpc) is 3.18. The Labute approximate surface area is 196 Å². The fourth-order valence-corrected chi connectivity index (χ4v) is 5.11. The van der Waals surface area contributed by atoms with E-state index < -0.39 is 11.7 Å². The van der Waals surface area contributed by atoms with Crippen LogP contribution in [0.3, 0.4) is 0 Å². The number of hydrogen-bond donors (Lipinski definition) is 0. The molecule has 0 atom stereocenters. The molecule has 5 heteroatoms. The molecule has 1 aromatic heterocycles. The van der Waals surface area contributed by atoms with E-state index in [9.17, 15) is 13.2 Å². The first-order valence-corrected chi connectivity index (χ1v) is 11.5. The number of ether oxygens (including phenoxy) is 1. The van der Waals surface area contributed by atoms with E-state index in [-0.39, 0.29) is 5.41 Å². The Hall–Kier alpha value is -3.05. The summed E-state index contributed by atoms with van der Waals surface area (Å²) in [5, 5.41) is 0. The second-order valence-corrected chi connectivity index (χ2v) is 9.96. The predicted octanol–water partition coefficient (Wildman–Crippen LogP) is 9.07. The molecule has 170 valence electrons. The quantitative estimate of drug-likeness (QED) is 0.291. The molecule has 0 saturated heterocycles. The fourth-order valence-electron chi connectivity index (χ4n) is 3.80. The van der Waals surface area contributed by atoms with E-state index in [1.807, 2.05) is 30.3 Å². The lowest BCUT2D eigenvalue weighted by Crippen LogP contribution is -2.10. The summed E-state index contributed by atoms with van der Waals surface area (Å²) < 4.78 is 45.2. The third-order valence-electron chi connectivity index (χ3n) is 5.62. The van der Waals surface area contributed by atoms with Crippen molar-refractivity contribution in [3.05, 3.63) is 90.0 Å². The van der Waals surface area contributed by atoms with Gasteiger partial charge >= 0.3 is 6.18 Å². The van der Waals surface area contributed by atoms with Crippen LogP contribution in [0.4, 0.5) is 13.2 Å². The zero-order chi connectivity index (χ0) is 23.8. The van der Waals surface area contributed by atoms with Gasteiger partial charge in [0.1, 0.15) is 5.75 Å². The summed E-state index contributed by atoms with van der Waals surface area (Å²) in [7, 11) is 1.64. The van der Waals surface area contributed by atoms with Gasteiger partial charge in [-0.25, -0.2) is 0 Å². The average molecular weight is 467 g/mol. The number of methoxy groups -OCH3 is 1. The lowest BCUT2D eigenvalue weighted by Gasteiger charge is -2.19. The van der Waals surface area contributed by atoms with Crippen molar-refractivity contribution in [1.29, 1.82) is 0 Å². The van der Waals surface area contributed by atoms with E-state index in [0.717, 1.165) is 49.9 Å². The van der Waals surface area contributed by atoms with Crippen molar-refractivity contribution in [3.63, 3.8) is 0 Å². The minimum Gasteiger partial charge on any atom is -0.495 e. The lowest BCUT2D eigenvalue weighted by molar-refractivity contribution is -0.137. The Morgan fingerprint density at radius 1 is 0.636 bits per heavy atom. The van der Waals surface area contributed by atoms with E-state index in [4.69, 9.17) is 4.74 Å². The number of benzene rings is 3. The monoisotopic (exact) mass is 466 g/mol. The van der Waals surface area contributed by atoms with Crippen LogP contribution in [0.2, 0.25) is 0 Å². The SMILES string of the molecule is COc1c(-c2ccc(C(C)(C)C)cc2)sc(-c2ccc(C(F)(F)F)cc2)c1-c1ccccc1. The molecule has 0 N–H and O–H groups in total. The molecule has 0 aliphatic carbocycles. The maximum atomic E-state index is 13.1. The first-order chi connectivity index (χ1) is 15.6. The molecule has 0 amide bonds. The molecule has 0 saturated carbocycles. The Morgan fingerprint density at radius 2 is 1.15 bits per heavy atom. The highest BCUT2D eigenvalue weighted by Crippen LogP contribution is 2.52. The summed E-state index contributed by atoms with van der Waals surface area (Å²) >= 11 is 1.53. The lowest BCUT2D eigenvalue weighted by atomic mass is 9.86. The second-order valence-electron chi connectivity index (χ2n) is 8.94. The Kier molecular flexibility index (Phi) is 6.10. The molecule has 0 aliphatic heterocycles. The van der Waals surface area contributed by atoms with Crippen LogP contribution in [0.15, 0.2) is 78.9 Å². The summed E-state index contributed by atoms with van der Waals surface area (Å²) in [5.41, 5.74) is 4.19. The number of hydrogen-bond acceptors (Lipinski definition) is 2. The van der Waals surface area contributed by atoms with Gasteiger partial charge in [-0.2, -0.15) is 13.2 Å². The van der Waals surface area contributed by atoms with Gasteiger partial charge in [0.15, 0.2) is 0 Å². The van der Waals surface area contributed by atoms with Gasteiger partial charge in [-0.05, 0) is 39.8 Å². The smallest absolute Gasteiger partial charge is 0.416 e. The summed E-state index contributed by atoms with van der Waals surface area (Å²) in [5.74, 6) is 0.726. The van der Waals surface area contributed by atoms with Crippen LogP contribution < -0.4 is 4.74 Å². The molecule has 4 aromatic rings. The topological polar surface area (TPSA) is 9.23 Å². The van der Waals surface area contributed by atoms with E-state index in [2.05, 4.69) is 45.0 Å². The third-order valence-corrected chi connectivity index (χ3v) is 6.89. The van der Waals surface area contributed by atoms with Gasteiger partial charge in [-0.3, -0.25) is 0 Å². The molecule has 33 heavy (non-hydrogen) atoms. The molecule has 0 bridgehead atoms. The van der Waals surface area contributed by atoms with Crippen molar-refractivity contribution in [3.8, 4) is 37.8 Å². The van der Waals surface area contributed by atoms with Crippen LogP contribution in [-0.4, -0.2) is 7.11 Å². The number of rotatable bonds is 4. The Bertz CT molecular complexity index is 1230. The van der Waals surface area contributed by atoms with Gasteiger partial charge in [0, 0.05) is 10.4 Å². The van der Waals surface area contributed by atoms with Crippen LogP contribution in [0.5, 0.6) is 5.75 Å². The standard InChI is InChI=1S/C28H25F3OS/c1-27(2,3)21-14-10-20(11-15-21)26-24(32-4)23(18-8-6-5-7-9-18)25(33-26)19-12-16-22(17-13-19)28(29,30)31/h5-17H,1-4H3. The molecule has 3 aromatic carbocycles. The molecule has 4 rings (SSSR count). The molecular weight excluding hydrogens is 441 g/mol. The zero-order valence-electron chi connectivity index (χ0n) is 19.0. The molecule has 1 nitrogen and oxygen atoms in total. The van der Waals surface area contributed by atoms with Gasteiger partial charge in [0.2, 0.25) is 0 Å². The molecule has 0 fully saturated rings. The minimum atomic E-state index is -4.37. The fraction of sp³-hybridized carbons (Fsp3) is 0.214. The number of halogens is 3. The molecular formula is C28H25F3OS. The zero-order valence-corrected chi connectivity index (χ0v) is 19.8. The van der Waals surface area contributed by atoms with E-state index >= 15 is 0 Å². The van der Waals surface area contributed by atoms with Crippen molar-refractivity contribution in [1.82, 2.24) is 0 Å². The first kappa shape index (κ1) is 23.1. The first-order valence-electron chi connectivity index (χ1n) is 10.6.